The first-order valence-corrected chi connectivity index (χ1v) is 10.1. The van der Waals surface area contributed by atoms with Crippen LogP contribution in [-0.4, -0.2) is 27.6 Å². The number of thioether (sulfide) groups is 1. The molecule has 0 saturated carbocycles. The summed E-state index contributed by atoms with van der Waals surface area (Å²) in [5.41, 5.74) is -1.14. The second kappa shape index (κ2) is 8.24. The van der Waals surface area contributed by atoms with Crippen molar-refractivity contribution in [3.05, 3.63) is 56.1 Å². The van der Waals surface area contributed by atoms with Crippen LogP contribution in [0.2, 0.25) is 5.02 Å². The van der Waals surface area contributed by atoms with Gasteiger partial charge in [0.15, 0.2) is 0 Å². The van der Waals surface area contributed by atoms with Gasteiger partial charge < -0.3 is 5.32 Å². The molecule has 3 rings (SSSR count). The molecule has 2 amide bonds. The van der Waals surface area contributed by atoms with Crippen LogP contribution in [0.3, 0.4) is 0 Å². The minimum absolute atomic E-state index is 0.0821. The maximum absolute atomic E-state index is 12.9. The lowest BCUT2D eigenvalue weighted by molar-refractivity contribution is -0.137. The van der Waals surface area contributed by atoms with Crippen molar-refractivity contribution in [2.75, 3.05) is 11.9 Å². The normalized spacial score (nSPS) is 16.1. The fourth-order valence-electron chi connectivity index (χ4n) is 2.30. The number of carbonyl (C=O) groups excluding carboxylic acids is 2. The first kappa shape index (κ1) is 20.8. The Hall–Kier alpha value is -1.88. The number of anilines is 1. The monoisotopic (exact) mass is 462 g/mol. The number of thiocarbonyl (C=S) groups is 1. The maximum Gasteiger partial charge on any atom is 0.417 e. The molecule has 146 valence electrons. The number of halogens is 4. The minimum atomic E-state index is -4.65. The van der Waals surface area contributed by atoms with E-state index in [0.717, 1.165) is 33.7 Å². The lowest BCUT2D eigenvalue weighted by atomic mass is 10.2. The number of thiophene rings is 1. The smallest absolute Gasteiger partial charge is 0.325 e. The summed E-state index contributed by atoms with van der Waals surface area (Å²) in [4.78, 5) is 27.0. The average Bonchev–Trinajstić information content (AvgIpc) is 3.20. The van der Waals surface area contributed by atoms with Crippen LogP contribution in [0.5, 0.6) is 0 Å². The second-order valence-electron chi connectivity index (χ2n) is 5.52. The highest BCUT2D eigenvalue weighted by molar-refractivity contribution is 8.26. The Morgan fingerprint density at radius 2 is 2.07 bits per heavy atom. The molecule has 1 saturated heterocycles. The van der Waals surface area contributed by atoms with Crippen molar-refractivity contribution in [2.24, 2.45) is 0 Å². The Kier molecular flexibility index (Phi) is 6.13. The third-order valence-corrected chi connectivity index (χ3v) is 6.07. The molecule has 4 nitrogen and oxygen atoms in total. The van der Waals surface area contributed by atoms with Crippen LogP contribution in [0.15, 0.2) is 40.6 Å². The van der Waals surface area contributed by atoms with Crippen molar-refractivity contribution in [3.8, 4) is 0 Å². The highest BCUT2D eigenvalue weighted by Crippen LogP contribution is 2.36. The first-order valence-electron chi connectivity index (χ1n) is 7.60. The molecule has 1 aromatic heterocycles. The maximum atomic E-state index is 12.9. The van der Waals surface area contributed by atoms with Gasteiger partial charge in [0.2, 0.25) is 5.91 Å². The standard InChI is InChI=1S/C17H10ClF3N2O2S3/c18-12-4-3-9(6-11(12)17(19,20)21)22-14(24)8-23-15(25)13(28-16(23)26)7-10-2-1-5-27-10/h1-7H,8H2,(H,22,24). The van der Waals surface area contributed by atoms with Crippen LogP contribution in [0.1, 0.15) is 10.4 Å². The fourth-order valence-corrected chi connectivity index (χ4v) is 4.51. The zero-order valence-electron chi connectivity index (χ0n) is 13.7. The fraction of sp³-hybridized carbons (Fsp3) is 0.118. The first-order chi connectivity index (χ1) is 13.1. The predicted molar refractivity (Wildman–Crippen MR) is 109 cm³/mol. The molecule has 0 spiro atoms. The van der Waals surface area contributed by atoms with E-state index in [2.05, 4.69) is 5.32 Å². The van der Waals surface area contributed by atoms with E-state index in [4.69, 9.17) is 23.8 Å². The molecule has 2 aromatic rings. The number of alkyl halides is 3. The highest BCUT2D eigenvalue weighted by atomic mass is 35.5. The number of hydrogen-bond acceptors (Lipinski definition) is 5. The number of carbonyl (C=O) groups is 2. The summed E-state index contributed by atoms with van der Waals surface area (Å²) in [7, 11) is 0. The van der Waals surface area contributed by atoms with Gasteiger partial charge in [0.05, 0.1) is 15.5 Å². The van der Waals surface area contributed by atoms with E-state index in [1.54, 1.807) is 6.08 Å². The molecule has 0 aliphatic carbocycles. The quantitative estimate of drug-likeness (QED) is 0.497. The van der Waals surface area contributed by atoms with Crippen molar-refractivity contribution in [3.63, 3.8) is 0 Å². The van der Waals surface area contributed by atoms with E-state index in [9.17, 15) is 22.8 Å². The molecule has 0 atom stereocenters. The molecule has 1 N–H and O–H groups in total. The van der Waals surface area contributed by atoms with Crippen LogP contribution >= 0.6 is 46.9 Å². The average molecular weight is 463 g/mol. The van der Waals surface area contributed by atoms with Crippen molar-refractivity contribution in [2.45, 2.75) is 6.18 Å². The summed E-state index contributed by atoms with van der Waals surface area (Å²) in [6.07, 6.45) is -2.97. The van der Waals surface area contributed by atoms with E-state index < -0.39 is 35.1 Å². The molecule has 2 heterocycles. The molecule has 1 aliphatic rings. The molecule has 1 aromatic carbocycles. The number of benzene rings is 1. The Balaban J connectivity index is 1.70. The third-order valence-electron chi connectivity index (χ3n) is 3.55. The van der Waals surface area contributed by atoms with Gasteiger partial charge in [-0.3, -0.25) is 14.5 Å². The van der Waals surface area contributed by atoms with Gasteiger partial charge in [-0.05, 0) is 35.7 Å². The summed E-state index contributed by atoms with van der Waals surface area (Å²) >= 11 is 13.2. The van der Waals surface area contributed by atoms with Gasteiger partial charge in [0.1, 0.15) is 10.9 Å². The zero-order chi connectivity index (χ0) is 20.5. The lowest BCUT2D eigenvalue weighted by Gasteiger charge is -2.15. The molecule has 0 unspecified atom stereocenters. The summed E-state index contributed by atoms with van der Waals surface area (Å²) < 4.78 is 39.0. The number of nitrogens with zero attached hydrogens (tertiary/aromatic N) is 1. The predicted octanol–water partition coefficient (Wildman–Crippen LogP) is 5.26. The van der Waals surface area contributed by atoms with E-state index in [1.165, 1.54) is 17.4 Å². The molecule has 1 fully saturated rings. The van der Waals surface area contributed by atoms with E-state index in [0.29, 0.717) is 4.91 Å². The molecular formula is C17H10ClF3N2O2S3. The van der Waals surface area contributed by atoms with Crippen LogP contribution in [0.25, 0.3) is 6.08 Å². The molecule has 11 heteroatoms. The number of rotatable bonds is 4. The van der Waals surface area contributed by atoms with E-state index >= 15 is 0 Å². The highest BCUT2D eigenvalue weighted by Gasteiger charge is 2.35. The van der Waals surface area contributed by atoms with E-state index in [1.807, 2.05) is 17.5 Å². The Morgan fingerprint density at radius 1 is 1.32 bits per heavy atom. The van der Waals surface area contributed by atoms with Gasteiger partial charge in [-0.15, -0.1) is 11.3 Å². The van der Waals surface area contributed by atoms with Crippen molar-refractivity contribution in [1.82, 2.24) is 4.90 Å². The van der Waals surface area contributed by atoms with Crippen LogP contribution in [0, 0.1) is 0 Å². The van der Waals surface area contributed by atoms with Gasteiger partial charge in [0.25, 0.3) is 5.91 Å². The number of hydrogen-bond donors (Lipinski definition) is 1. The molecule has 0 radical (unpaired) electrons. The van der Waals surface area contributed by atoms with Crippen LogP contribution in [-0.2, 0) is 15.8 Å². The van der Waals surface area contributed by atoms with Crippen molar-refractivity contribution >= 4 is 74.8 Å². The van der Waals surface area contributed by atoms with Gasteiger partial charge in [-0.2, -0.15) is 13.2 Å². The van der Waals surface area contributed by atoms with Gasteiger partial charge in [-0.1, -0.05) is 41.6 Å². The SMILES string of the molecule is O=C(CN1C(=O)C(=Cc2cccs2)SC1=S)Nc1ccc(Cl)c(C(F)(F)F)c1. The second-order valence-corrected chi connectivity index (χ2v) is 8.59. The molecule has 1 aliphatic heterocycles. The largest absolute Gasteiger partial charge is 0.417 e. The topological polar surface area (TPSA) is 49.4 Å². The van der Waals surface area contributed by atoms with Crippen molar-refractivity contribution < 1.29 is 22.8 Å². The molecule has 28 heavy (non-hydrogen) atoms. The summed E-state index contributed by atoms with van der Waals surface area (Å²) in [5.74, 6) is -1.10. The molecule has 0 bridgehead atoms. The van der Waals surface area contributed by atoms with Crippen LogP contribution < -0.4 is 5.32 Å². The Labute approximate surface area is 176 Å². The van der Waals surface area contributed by atoms with Crippen LogP contribution in [0.4, 0.5) is 18.9 Å². The Morgan fingerprint density at radius 3 is 2.71 bits per heavy atom. The lowest BCUT2D eigenvalue weighted by Crippen LogP contribution is -2.36. The number of amides is 2. The number of nitrogens with one attached hydrogen (secondary N) is 1. The van der Waals surface area contributed by atoms with Gasteiger partial charge in [0, 0.05) is 10.6 Å². The molecular weight excluding hydrogens is 453 g/mol. The summed E-state index contributed by atoms with van der Waals surface area (Å²) in [6, 6.07) is 6.70. The minimum Gasteiger partial charge on any atom is -0.325 e. The van der Waals surface area contributed by atoms with Gasteiger partial charge >= 0.3 is 6.18 Å². The Bertz CT molecular complexity index is 975. The third kappa shape index (κ3) is 4.75. The van der Waals surface area contributed by atoms with Crippen molar-refractivity contribution in [1.29, 1.82) is 0 Å². The zero-order valence-corrected chi connectivity index (χ0v) is 17.0. The van der Waals surface area contributed by atoms with Gasteiger partial charge in [-0.25, -0.2) is 0 Å². The summed E-state index contributed by atoms with van der Waals surface area (Å²) in [6.45, 7) is -0.406. The summed E-state index contributed by atoms with van der Waals surface area (Å²) in [5, 5.41) is 3.72. The van der Waals surface area contributed by atoms with E-state index in [-0.39, 0.29) is 10.0 Å².